The number of rotatable bonds is 8. The molecule has 8 heteroatoms. The lowest BCUT2D eigenvalue weighted by Crippen LogP contribution is -2.42. The van der Waals surface area contributed by atoms with Crippen LogP contribution in [0.15, 0.2) is 78.2 Å². The van der Waals surface area contributed by atoms with Gasteiger partial charge in [-0.3, -0.25) is 9.59 Å². The van der Waals surface area contributed by atoms with Crippen molar-refractivity contribution in [2.75, 3.05) is 6.54 Å². The molecule has 0 saturated heterocycles. The number of hydrogen-bond acceptors (Lipinski definition) is 5. The molecule has 2 amide bonds. The molecule has 39 heavy (non-hydrogen) atoms. The van der Waals surface area contributed by atoms with Crippen LogP contribution in [0.1, 0.15) is 57.6 Å². The van der Waals surface area contributed by atoms with Gasteiger partial charge in [0.15, 0.2) is 0 Å². The zero-order chi connectivity index (χ0) is 27.4. The van der Waals surface area contributed by atoms with Gasteiger partial charge in [0.1, 0.15) is 28.9 Å². The normalized spacial score (nSPS) is 14.7. The number of thiazole rings is 1. The first-order valence-electron chi connectivity index (χ1n) is 13.0. The van der Waals surface area contributed by atoms with Gasteiger partial charge in [0.25, 0.3) is 5.91 Å². The first-order chi connectivity index (χ1) is 18.9. The fourth-order valence-corrected chi connectivity index (χ4v) is 5.48. The molecule has 0 saturated carbocycles. The second-order valence-corrected chi connectivity index (χ2v) is 10.8. The third-order valence-electron chi connectivity index (χ3n) is 6.73. The second kappa shape index (κ2) is 11.8. The standard InChI is InChI=1S/C31H30FN3O3S/c1-20(2)31(37)35-14-13-22-11-12-25(16-26(22)29(35)23-8-4-3-5-9-23)38-18-28-34-27(19-39-28)30(36)33-17-21-7-6-10-24(32)15-21/h3-12,15-16,19-20,29H,13-14,17-18H2,1-2H3,(H,33,36)/t29-/m1/s1. The van der Waals surface area contributed by atoms with Gasteiger partial charge in [-0.2, -0.15) is 0 Å². The van der Waals surface area contributed by atoms with E-state index in [4.69, 9.17) is 4.74 Å². The smallest absolute Gasteiger partial charge is 0.271 e. The molecule has 1 aliphatic heterocycles. The zero-order valence-corrected chi connectivity index (χ0v) is 22.7. The molecule has 0 bridgehead atoms. The van der Waals surface area contributed by atoms with Crippen molar-refractivity contribution in [3.63, 3.8) is 0 Å². The summed E-state index contributed by atoms with van der Waals surface area (Å²) in [5, 5.41) is 5.13. The van der Waals surface area contributed by atoms with E-state index in [9.17, 15) is 14.0 Å². The fourth-order valence-electron chi connectivity index (χ4n) is 4.79. The molecule has 0 unspecified atom stereocenters. The summed E-state index contributed by atoms with van der Waals surface area (Å²) >= 11 is 1.35. The molecule has 5 rings (SSSR count). The molecule has 2 heterocycles. The van der Waals surface area contributed by atoms with E-state index < -0.39 is 0 Å². The fraction of sp³-hybridized carbons (Fsp3) is 0.258. The number of carbonyl (C=O) groups excluding carboxylic acids is 2. The molecule has 3 aromatic carbocycles. The maximum absolute atomic E-state index is 13.4. The van der Waals surface area contributed by atoms with Crippen LogP contribution in [0.2, 0.25) is 0 Å². The highest BCUT2D eigenvalue weighted by Gasteiger charge is 2.33. The molecular weight excluding hydrogens is 513 g/mol. The van der Waals surface area contributed by atoms with Crippen molar-refractivity contribution in [1.29, 1.82) is 0 Å². The van der Waals surface area contributed by atoms with Gasteiger partial charge in [-0.15, -0.1) is 11.3 Å². The Morgan fingerprint density at radius 3 is 2.69 bits per heavy atom. The van der Waals surface area contributed by atoms with Gasteiger partial charge >= 0.3 is 0 Å². The SMILES string of the molecule is CC(C)C(=O)N1CCc2ccc(OCc3nc(C(=O)NCc4cccc(F)c4)cs3)cc2[C@H]1c1ccccc1. The lowest BCUT2D eigenvalue weighted by Gasteiger charge is -2.39. The van der Waals surface area contributed by atoms with E-state index in [0.717, 1.165) is 17.5 Å². The van der Waals surface area contributed by atoms with Gasteiger partial charge in [0.05, 0.1) is 6.04 Å². The Bertz CT molecular complexity index is 1470. The lowest BCUT2D eigenvalue weighted by atomic mass is 9.87. The molecule has 200 valence electrons. The van der Waals surface area contributed by atoms with Crippen LogP contribution in [-0.4, -0.2) is 28.2 Å². The maximum Gasteiger partial charge on any atom is 0.271 e. The van der Waals surface area contributed by atoms with Crippen molar-refractivity contribution >= 4 is 23.2 Å². The number of ether oxygens (including phenoxy) is 1. The quantitative estimate of drug-likeness (QED) is 0.299. The van der Waals surface area contributed by atoms with E-state index in [1.807, 2.05) is 49.1 Å². The minimum absolute atomic E-state index is 0.0950. The molecule has 4 aromatic rings. The Morgan fingerprint density at radius 2 is 1.92 bits per heavy atom. The zero-order valence-electron chi connectivity index (χ0n) is 21.9. The number of halogens is 1. The lowest BCUT2D eigenvalue weighted by molar-refractivity contribution is -0.136. The number of amides is 2. The van der Waals surface area contributed by atoms with Gasteiger partial charge < -0.3 is 15.0 Å². The highest BCUT2D eigenvalue weighted by atomic mass is 32.1. The van der Waals surface area contributed by atoms with Crippen molar-refractivity contribution < 1.29 is 18.7 Å². The van der Waals surface area contributed by atoms with Crippen molar-refractivity contribution in [2.45, 2.75) is 39.5 Å². The number of fused-ring (bicyclic) bond motifs is 1. The average molecular weight is 544 g/mol. The summed E-state index contributed by atoms with van der Waals surface area (Å²) in [6.07, 6.45) is 0.790. The Morgan fingerprint density at radius 1 is 1.10 bits per heavy atom. The van der Waals surface area contributed by atoms with Gasteiger partial charge in [-0.25, -0.2) is 9.37 Å². The van der Waals surface area contributed by atoms with Crippen LogP contribution in [0.3, 0.4) is 0 Å². The minimum atomic E-state index is -0.341. The number of benzene rings is 3. The largest absolute Gasteiger partial charge is 0.486 e. The number of hydrogen-bond donors (Lipinski definition) is 1. The molecule has 1 atom stereocenters. The number of carbonyl (C=O) groups is 2. The molecule has 1 N–H and O–H groups in total. The third kappa shape index (κ3) is 6.17. The van der Waals surface area contributed by atoms with E-state index in [2.05, 4.69) is 28.5 Å². The van der Waals surface area contributed by atoms with Crippen LogP contribution >= 0.6 is 11.3 Å². The predicted molar refractivity (Wildman–Crippen MR) is 149 cm³/mol. The van der Waals surface area contributed by atoms with E-state index in [0.29, 0.717) is 28.6 Å². The van der Waals surface area contributed by atoms with Crippen LogP contribution in [-0.2, 0) is 24.4 Å². The number of nitrogens with zero attached hydrogens (tertiary/aromatic N) is 2. The molecular formula is C31H30FN3O3S. The van der Waals surface area contributed by atoms with Crippen molar-refractivity contribution in [1.82, 2.24) is 15.2 Å². The maximum atomic E-state index is 13.4. The summed E-state index contributed by atoms with van der Waals surface area (Å²) in [6.45, 7) is 4.97. The van der Waals surface area contributed by atoms with Crippen molar-refractivity contribution in [3.05, 3.63) is 117 Å². The highest BCUT2D eigenvalue weighted by Crippen LogP contribution is 2.38. The summed E-state index contributed by atoms with van der Waals surface area (Å²) in [7, 11) is 0. The third-order valence-corrected chi connectivity index (χ3v) is 7.55. The van der Waals surface area contributed by atoms with Crippen LogP contribution in [0, 0.1) is 11.7 Å². The van der Waals surface area contributed by atoms with Gasteiger partial charge in [0, 0.05) is 24.4 Å². The summed E-state index contributed by atoms with van der Waals surface area (Å²) in [6, 6.07) is 22.1. The van der Waals surface area contributed by atoms with Crippen molar-refractivity contribution in [2.24, 2.45) is 5.92 Å². The first kappa shape index (κ1) is 26.6. The van der Waals surface area contributed by atoms with Crippen LogP contribution in [0.25, 0.3) is 0 Å². The molecule has 0 radical (unpaired) electrons. The van der Waals surface area contributed by atoms with Gasteiger partial charge in [-0.1, -0.05) is 62.4 Å². The van der Waals surface area contributed by atoms with Gasteiger partial charge in [0.2, 0.25) is 5.91 Å². The van der Waals surface area contributed by atoms with E-state index in [-0.39, 0.29) is 42.7 Å². The molecule has 0 fully saturated rings. The Kier molecular flexibility index (Phi) is 8.02. The van der Waals surface area contributed by atoms with E-state index in [1.165, 1.54) is 29.0 Å². The molecule has 6 nitrogen and oxygen atoms in total. The predicted octanol–water partition coefficient (Wildman–Crippen LogP) is 5.92. The highest BCUT2D eigenvalue weighted by molar-refractivity contribution is 7.09. The van der Waals surface area contributed by atoms with E-state index >= 15 is 0 Å². The summed E-state index contributed by atoms with van der Waals surface area (Å²) in [4.78, 5) is 32.0. The van der Waals surface area contributed by atoms with Crippen LogP contribution in [0.5, 0.6) is 5.75 Å². The average Bonchev–Trinajstić information content (AvgIpc) is 3.43. The van der Waals surface area contributed by atoms with E-state index in [1.54, 1.807) is 17.5 Å². The Hall–Kier alpha value is -4.04. The Labute approximate surface area is 231 Å². The van der Waals surface area contributed by atoms with Gasteiger partial charge in [-0.05, 0) is 52.9 Å². The monoisotopic (exact) mass is 543 g/mol. The topological polar surface area (TPSA) is 71.5 Å². The summed E-state index contributed by atoms with van der Waals surface area (Å²) in [5.41, 5.74) is 4.31. The number of aromatic nitrogens is 1. The van der Waals surface area contributed by atoms with Crippen LogP contribution < -0.4 is 10.1 Å². The molecule has 1 aromatic heterocycles. The van der Waals surface area contributed by atoms with Crippen LogP contribution in [0.4, 0.5) is 4.39 Å². The number of nitrogens with one attached hydrogen (secondary N) is 1. The minimum Gasteiger partial charge on any atom is -0.486 e. The first-order valence-corrected chi connectivity index (χ1v) is 13.8. The molecule has 1 aliphatic rings. The summed E-state index contributed by atoms with van der Waals surface area (Å²) < 4.78 is 19.5. The summed E-state index contributed by atoms with van der Waals surface area (Å²) in [5.74, 6) is 0.0532. The van der Waals surface area contributed by atoms with Crippen molar-refractivity contribution in [3.8, 4) is 5.75 Å². The molecule has 0 spiro atoms. The molecule has 0 aliphatic carbocycles. The Balaban J connectivity index is 1.29. The second-order valence-electron chi connectivity index (χ2n) is 9.84.